The molecule has 4 atom stereocenters. The molecule has 0 bridgehead atoms. The van der Waals surface area contributed by atoms with E-state index in [4.69, 9.17) is 4.74 Å². The maximum absolute atomic E-state index is 13.5. The minimum absolute atomic E-state index is 0.00107. The Morgan fingerprint density at radius 3 is 2.26 bits per heavy atom. The molecule has 7 nitrogen and oxygen atoms in total. The number of hydrogen-bond acceptors (Lipinski definition) is 5. The first-order valence-electron chi connectivity index (χ1n) is 11.7. The largest absolute Gasteiger partial charge is 0.468 e. The minimum atomic E-state index is -3.87. The zero-order valence-electron chi connectivity index (χ0n) is 19.9. The molecule has 1 saturated carbocycles. The third-order valence-corrected chi connectivity index (χ3v) is 9.14. The Morgan fingerprint density at radius 2 is 1.65 bits per heavy atom. The van der Waals surface area contributed by atoms with Crippen LogP contribution in [-0.4, -0.2) is 55.2 Å². The minimum Gasteiger partial charge on any atom is -0.468 e. The van der Waals surface area contributed by atoms with Gasteiger partial charge < -0.3 is 9.64 Å². The number of esters is 1. The van der Waals surface area contributed by atoms with Crippen LogP contribution in [0.15, 0.2) is 59.5 Å². The molecule has 1 saturated heterocycles. The van der Waals surface area contributed by atoms with E-state index >= 15 is 0 Å². The van der Waals surface area contributed by atoms with Gasteiger partial charge in [0.25, 0.3) is 0 Å². The van der Waals surface area contributed by atoms with Gasteiger partial charge in [-0.05, 0) is 55.7 Å². The van der Waals surface area contributed by atoms with E-state index in [1.54, 1.807) is 31.2 Å². The van der Waals surface area contributed by atoms with E-state index in [-0.39, 0.29) is 35.2 Å². The Balaban J connectivity index is 1.58. The molecular formula is C26H32N2O5S. The molecular weight excluding hydrogens is 452 g/mol. The summed E-state index contributed by atoms with van der Waals surface area (Å²) in [5.74, 6) is -0.314. The van der Waals surface area contributed by atoms with E-state index < -0.39 is 22.0 Å². The van der Waals surface area contributed by atoms with Crippen molar-refractivity contribution in [1.82, 2.24) is 9.21 Å². The summed E-state index contributed by atoms with van der Waals surface area (Å²) < 4.78 is 33.4. The average Bonchev–Trinajstić information content (AvgIpc) is 3.24. The number of nitrogens with zero attached hydrogens (tertiary/aromatic N) is 2. The lowest BCUT2D eigenvalue weighted by Gasteiger charge is -2.39. The molecule has 2 fully saturated rings. The zero-order valence-corrected chi connectivity index (χ0v) is 20.7. The molecule has 0 N–H and O–H groups in total. The first-order chi connectivity index (χ1) is 16.2. The summed E-state index contributed by atoms with van der Waals surface area (Å²) in [5.41, 5.74) is 2.02. The number of benzene rings is 2. The fourth-order valence-electron chi connectivity index (χ4n) is 5.45. The number of carbonyl (C=O) groups excluding carboxylic acids is 2. The maximum Gasteiger partial charge on any atom is 0.324 e. The number of sulfonamides is 1. The number of amides is 1. The van der Waals surface area contributed by atoms with Crippen molar-refractivity contribution in [2.75, 3.05) is 13.7 Å². The van der Waals surface area contributed by atoms with Crippen LogP contribution in [0.2, 0.25) is 0 Å². The second kappa shape index (κ2) is 9.88. The standard InChI is InChI=1S/C26H32N2O5S/c1-18-9-11-24(12-10-18)34(31,32)28-17-22-14-23(13-21(22)15-25(28)26(30)33-3)27(19(2)29)16-20-7-5-4-6-8-20/h4-12,21-23,25H,13-17H2,1-3H3/t21-,22+,23-,25+/m1/s1. The van der Waals surface area contributed by atoms with Gasteiger partial charge in [0.05, 0.1) is 12.0 Å². The van der Waals surface area contributed by atoms with Crippen molar-refractivity contribution in [3.63, 3.8) is 0 Å². The smallest absolute Gasteiger partial charge is 0.324 e. The predicted octanol–water partition coefficient (Wildman–Crippen LogP) is 3.37. The number of rotatable bonds is 6. The van der Waals surface area contributed by atoms with Crippen molar-refractivity contribution < 1.29 is 22.7 Å². The molecule has 0 radical (unpaired) electrons. The molecule has 1 aliphatic carbocycles. The van der Waals surface area contributed by atoms with Crippen molar-refractivity contribution >= 4 is 21.9 Å². The molecule has 8 heteroatoms. The van der Waals surface area contributed by atoms with Crippen LogP contribution in [0.3, 0.4) is 0 Å². The van der Waals surface area contributed by atoms with E-state index in [9.17, 15) is 18.0 Å². The summed E-state index contributed by atoms with van der Waals surface area (Å²) in [4.78, 5) is 27.3. The van der Waals surface area contributed by atoms with Gasteiger partial charge in [-0.1, -0.05) is 48.0 Å². The highest BCUT2D eigenvalue weighted by molar-refractivity contribution is 7.89. The molecule has 0 unspecified atom stereocenters. The van der Waals surface area contributed by atoms with E-state index in [0.717, 1.165) is 17.5 Å². The second-order valence-electron chi connectivity index (χ2n) is 9.44. The molecule has 182 valence electrons. The van der Waals surface area contributed by atoms with Gasteiger partial charge in [-0.2, -0.15) is 4.31 Å². The third kappa shape index (κ3) is 4.88. The molecule has 0 spiro atoms. The fourth-order valence-corrected chi connectivity index (χ4v) is 7.09. The number of piperidine rings is 1. The van der Waals surface area contributed by atoms with Crippen LogP contribution in [0, 0.1) is 18.8 Å². The molecule has 2 aromatic carbocycles. The Kier molecular flexibility index (Phi) is 7.09. The van der Waals surface area contributed by atoms with Crippen molar-refractivity contribution in [2.24, 2.45) is 11.8 Å². The topological polar surface area (TPSA) is 84.0 Å². The van der Waals surface area contributed by atoms with Crippen LogP contribution >= 0.6 is 0 Å². The van der Waals surface area contributed by atoms with E-state index in [1.807, 2.05) is 42.2 Å². The van der Waals surface area contributed by atoms with E-state index in [2.05, 4.69) is 0 Å². The number of fused-ring (bicyclic) bond motifs is 1. The molecule has 1 amide bonds. The van der Waals surface area contributed by atoms with Gasteiger partial charge in [-0.3, -0.25) is 9.59 Å². The SMILES string of the molecule is COC(=O)[C@@H]1C[C@H]2C[C@@H](N(Cc3ccccc3)C(C)=O)C[C@H]2CN1S(=O)(=O)c1ccc(C)cc1. The van der Waals surface area contributed by atoms with Gasteiger partial charge in [-0.25, -0.2) is 8.42 Å². The highest BCUT2D eigenvalue weighted by Gasteiger charge is 2.49. The van der Waals surface area contributed by atoms with Crippen molar-refractivity contribution in [1.29, 1.82) is 0 Å². The van der Waals surface area contributed by atoms with Gasteiger partial charge in [0.15, 0.2) is 0 Å². The van der Waals surface area contributed by atoms with Gasteiger partial charge in [0.2, 0.25) is 15.9 Å². The molecule has 1 aliphatic heterocycles. The summed E-state index contributed by atoms with van der Waals surface area (Å²) >= 11 is 0. The summed E-state index contributed by atoms with van der Waals surface area (Å²) in [6, 6.07) is 15.7. The summed E-state index contributed by atoms with van der Waals surface area (Å²) in [6.45, 7) is 4.24. The normalized spacial score (nSPS) is 24.9. The molecule has 0 aromatic heterocycles. The highest BCUT2D eigenvalue weighted by Crippen LogP contribution is 2.44. The van der Waals surface area contributed by atoms with E-state index in [1.165, 1.54) is 11.4 Å². The third-order valence-electron chi connectivity index (χ3n) is 7.25. The lowest BCUT2D eigenvalue weighted by molar-refractivity contribution is -0.147. The predicted molar refractivity (Wildman–Crippen MR) is 128 cm³/mol. The molecule has 2 aliphatic rings. The lowest BCUT2D eigenvalue weighted by Crippen LogP contribution is -2.52. The molecule has 1 heterocycles. The molecule has 4 rings (SSSR count). The Hall–Kier alpha value is -2.71. The Bertz CT molecular complexity index is 1130. The number of methoxy groups -OCH3 is 1. The van der Waals surface area contributed by atoms with Crippen molar-refractivity contribution in [3.05, 3.63) is 65.7 Å². The van der Waals surface area contributed by atoms with Crippen LogP contribution in [0.25, 0.3) is 0 Å². The average molecular weight is 485 g/mol. The lowest BCUT2D eigenvalue weighted by atomic mass is 9.86. The van der Waals surface area contributed by atoms with E-state index in [0.29, 0.717) is 19.4 Å². The summed E-state index contributed by atoms with van der Waals surface area (Å²) in [7, 11) is -2.58. The Labute approximate surface area is 201 Å². The van der Waals surface area contributed by atoms with Crippen LogP contribution in [0.4, 0.5) is 0 Å². The van der Waals surface area contributed by atoms with Crippen LogP contribution in [0.1, 0.15) is 37.3 Å². The fraction of sp³-hybridized carbons (Fsp3) is 0.462. The first kappa shape index (κ1) is 24.4. The highest BCUT2D eigenvalue weighted by atomic mass is 32.2. The van der Waals surface area contributed by atoms with Gasteiger partial charge in [0, 0.05) is 26.1 Å². The Morgan fingerprint density at radius 1 is 1.00 bits per heavy atom. The monoisotopic (exact) mass is 484 g/mol. The van der Waals surface area contributed by atoms with Crippen LogP contribution < -0.4 is 0 Å². The summed E-state index contributed by atoms with van der Waals surface area (Å²) in [6.07, 6.45) is 1.86. The molecule has 2 aromatic rings. The zero-order chi connectivity index (χ0) is 24.5. The van der Waals surface area contributed by atoms with Gasteiger partial charge in [-0.15, -0.1) is 0 Å². The van der Waals surface area contributed by atoms with Crippen LogP contribution in [0.5, 0.6) is 0 Å². The van der Waals surface area contributed by atoms with Crippen LogP contribution in [-0.2, 0) is 30.9 Å². The number of hydrogen-bond donors (Lipinski definition) is 0. The van der Waals surface area contributed by atoms with Crippen molar-refractivity contribution in [3.8, 4) is 0 Å². The number of aryl methyl sites for hydroxylation is 1. The van der Waals surface area contributed by atoms with Crippen molar-refractivity contribution in [2.45, 2.75) is 56.6 Å². The number of ether oxygens (including phenoxy) is 1. The second-order valence-corrected chi connectivity index (χ2v) is 11.3. The quantitative estimate of drug-likeness (QED) is 0.587. The molecule has 34 heavy (non-hydrogen) atoms. The van der Waals surface area contributed by atoms with Gasteiger partial charge >= 0.3 is 5.97 Å². The summed E-state index contributed by atoms with van der Waals surface area (Å²) in [5, 5.41) is 0. The maximum atomic E-state index is 13.5. The van der Waals surface area contributed by atoms with Gasteiger partial charge in [0.1, 0.15) is 6.04 Å². The first-order valence-corrected chi connectivity index (χ1v) is 13.1. The number of carbonyl (C=O) groups is 2.